The van der Waals surface area contributed by atoms with Gasteiger partial charge in [-0.15, -0.1) is 0 Å². The fraction of sp³-hybridized carbons (Fsp3) is 0.136. The molecule has 29 heavy (non-hydrogen) atoms. The number of nitrogens with zero attached hydrogens (tertiary/aromatic N) is 1. The van der Waals surface area contributed by atoms with Gasteiger partial charge in [0, 0.05) is 17.2 Å². The number of amides is 2. The smallest absolute Gasteiger partial charge is 0.259 e. The number of ether oxygens (including phenoxy) is 2. The first-order valence-corrected chi connectivity index (χ1v) is 8.92. The molecule has 0 radical (unpaired) electrons. The highest BCUT2D eigenvalue weighted by atomic mass is 16.5. The van der Waals surface area contributed by atoms with Gasteiger partial charge in [-0.2, -0.15) is 5.10 Å². The number of benzene rings is 3. The number of hydrogen-bond donors (Lipinski definition) is 2. The van der Waals surface area contributed by atoms with Gasteiger partial charge in [0.15, 0.2) is 0 Å². The van der Waals surface area contributed by atoms with Crippen LogP contribution >= 0.6 is 0 Å². The normalized spacial score (nSPS) is 10.7. The van der Waals surface area contributed by atoms with Crippen molar-refractivity contribution in [3.63, 3.8) is 0 Å². The molecule has 7 nitrogen and oxygen atoms in total. The Morgan fingerprint density at radius 1 is 1.00 bits per heavy atom. The van der Waals surface area contributed by atoms with Crippen LogP contribution in [0.3, 0.4) is 0 Å². The summed E-state index contributed by atoms with van der Waals surface area (Å²) in [5.74, 6) is 0.450. The van der Waals surface area contributed by atoms with E-state index in [2.05, 4.69) is 15.8 Å². The number of fused-ring (bicyclic) bond motifs is 1. The molecule has 0 fully saturated rings. The molecule has 7 heteroatoms. The molecule has 0 atom stereocenters. The number of hydrogen-bond acceptors (Lipinski definition) is 5. The highest BCUT2D eigenvalue weighted by Crippen LogP contribution is 2.23. The molecule has 0 unspecified atom stereocenters. The van der Waals surface area contributed by atoms with Gasteiger partial charge in [-0.25, -0.2) is 5.43 Å². The van der Waals surface area contributed by atoms with E-state index in [0.717, 1.165) is 10.8 Å². The number of carbonyl (C=O) groups is 2. The molecule has 0 spiro atoms. The van der Waals surface area contributed by atoms with Gasteiger partial charge < -0.3 is 14.8 Å². The Hall–Kier alpha value is -3.87. The minimum absolute atomic E-state index is 0.195. The van der Waals surface area contributed by atoms with Crippen LogP contribution in [0.2, 0.25) is 0 Å². The van der Waals surface area contributed by atoms with Crippen molar-refractivity contribution in [1.29, 1.82) is 0 Å². The third kappa shape index (κ3) is 4.90. The monoisotopic (exact) mass is 391 g/mol. The van der Waals surface area contributed by atoms with Crippen LogP contribution in [0.25, 0.3) is 10.8 Å². The Kier molecular flexibility index (Phi) is 6.42. The van der Waals surface area contributed by atoms with Crippen molar-refractivity contribution in [2.24, 2.45) is 5.10 Å². The molecule has 3 aromatic rings. The lowest BCUT2D eigenvalue weighted by atomic mass is 10.0. The summed E-state index contributed by atoms with van der Waals surface area (Å²) in [6.45, 7) is -0.195. The van der Waals surface area contributed by atoms with Crippen molar-refractivity contribution in [1.82, 2.24) is 10.7 Å². The molecule has 2 amide bonds. The van der Waals surface area contributed by atoms with Crippen molar-refractivity contribution in [2.75, 3.05) is 20.8 Å². The van der Waals surface area contributed by atoms with Gasteiger partial charge in [0.05, 0.1) is 27.0 Å². The molecule has 148 valence electrons. The van der Waals surface area contributed by atoms with Crippen LogP contribution < -0.4 is 20.2 Å². The molecule has 0 bridgehead atoms. The number of rotatable bonds is 7. The highest BCUT2D eigenvalue weighted by Gasteiger charge is 2.11. The van der Waals surface area contributed by atoms with E-state index in [9.17, 15) is 9.59 Å². The second-order valence-electron chi connectivity index (χ2n) is 6.11. The fourth-order valence-corrected chi connectivity index (χ4v) is 2.82. The Morgan fingerprint density at radius 3 is 2.59 bits per heavy atom. The lowest BCUT2D eigenvalue weighted by Crippen LogP contribution is -2.35. The summed E-state index contributed by atoms with van der Waals surface area (Å²) in [7, 11) is 3.10. The van der Waals surface area contributed by atoms with E-state index >= 15 is 0 Å². The minimum Gasteiger partial charge on any atom is -0.497 e. The van der Waals surface area contributed by atoms with Crippen LogP contribution in [0.4, 0.5) is 0 Å². The van der Waals surface area contributed by atoms with E-state index in [1.54, 1.807) is 31.4 Å². The summed E-state index contributed by atoms with van der Waals surface area (Å²) in [6.07, 6.45) is 1.46. The van der Waals surface area contributed by atoms with Crippen molar-refractivity contribution >= 4 is 28.8 Å². The SMILES string of the molecule is COc1ccc(/C=N\NC(=O)CNC(=O)c2cccc3ccccc23)c(OC)c1. The van der Waals surface area contributed by atoms with Crippen LogP contribution in [0, 0.1) is 0 Å². The van der Waals surface area contributed by atoms with Crippen LogP contribution in [0.15, 0.2) is 65.8 Å². The minimum atomic E-state index is -0.442. The standard InChI is InChI=1S/C22H21N3O4/c1-28-17-11-10-16(20(12-17)29-2)13-24-25-21(26)14-23-22(27)19-9-5-7-15-6-3-4-8-18(15)19/h3-13H,14H2,1-2H3,(H,23,27)(H,25,26)/b24-13-. The highest BCUT2D eigenvalue weighted by molar-refractivity contribution is 6.07. The molecule has 0 aliphatic rings. The van der Waals surface area contributed by atoms with E-state index in [4.69, 9.17) is 9.47 Å². The first-order chi connectivity index (χ1) is 14.1. The van der Waals surface area contributed by atoms with Crippen LogP contribution in [0.1, 0.15) is 15.9 Å². The predicted octanol–water partition coefficient (Wildman–Crippen LogP) is 2.74. The number of methoxy groups -OCH3 is 2. The molecule has 0 aliphatic carbocycles. The molecule has 0 saturated carbocycles. The van der Waals surface area contributed by atoms with E-state index < -0.39 is 5.91 Å². The van der Waals surface area contributed by atoms with Crippen molar-refractivity contribution in [3.8, 4) is 11.5 Å². The van der Waals surface area contributed by atoms with Gasteiger partial charge in [-0.3, -0.25) is 9.59 Å². The summed E-state index contributed by atoms with van der Waals surface area (Å²) in [5.41, 5.74) is 3.57. The maximum Gasteiger partial charge on any atom is 0.259 e. The zero-order valence-electron chi connectivity index (χ0n) is 16.1. The number of hydrazone groups is 1. The summed E-state index contributed by atoms with van der Waals surface area (Å²) in [6, 6.07) is 18.3. The molecular formula is C22H21N3O4. The Bertz CT molecular complexity index is 1060. The van der Waals surface area contributed by atoms with Crippen LogP contribution in [0.5, 0.6) is 11.5 Å². The van der Waals surface area contributed by atoms with Crippen molar-refractivity contribution in [2.45, 2.75) is 0 Å². The molecule has 3 aromatic carbocycles. The van der Waals surface area contributed by atoms with E-state index in [0.29, 0.717) is 22.6 Å². The molecule has 0 heterocycles. The fourth-order valence-electron chi connectivity index (χ4n) is 2.82. The number of nitrogens with one attached hydrogen (secondary N) is 2. The van der Waals surface area contributed by atoms with Crippen LogP contribution in [-0.2, 0) is 4.79 Å². The second kappa shape index (κ2) is 9.36. The third-order valence-corrected chi connectivity index (χ3v) is 4.28. The first-order valence-electron chi connectivity index (χ1n) is 8.92. The maximum atomic E-state index is 12.4. The second-order valence-corrected chi connectivity index (χ2v) is 6.11. The zero-order chi connectivity index (χ0) is 20.6. The van der Waals surface area contributed by atoms with Gasteiger partial charge in [-0.05, 0) is 29.0 Å². The summed E-state index contributed by atoms with van der Waals surface area (Å²) >= 11 is 0. The van der Waals surface area contributed by atoms with Gasteiger partial charge in [0.1, 0.15) is 11.5 Å². The van der Waals surface area contributed by atoms with Crippen LogP contribution in [-0.4, -0.2) is 38.8 Å². The molecular weight excluding hydrogens is 370 g/mol. The van der Waals surface area contributed by atoms with Crippen molar-refractivity contribution in [3.05, 3.63) is 71.8 Å². The number of carbonyl (C=O) groups excluding carboxylic acids is 2. The quantitative estimate of drug-likeness (QED) is 0.479. The zero-order valence-corrected chi connectivity index (χ0v) is 16.1. The predicted molar refractivity (Wildman–Crippen MR) is 112 cm³/mol. The lowest BCUT2D eigenvalue weighted by molar-refractivity contribution is -0.120. The average molecular weight is 391 g/mol. The molecule has 0 aliphatic heterocycles. The molecule has 0 saturated heterocycles. The largest absolute Gasteiger partial charge is 0.497 e. The van der Waals surface area contributed by atoms with Gasteiger partial charge in [0.25, 0.3) is 11.8 Å². The average Bonchev–Trinajstić information content (AvgIpc) is 2.77. The molecule has 2 N–H and O–H groups in total. The first kappa shape index (κ1) is 19.9. The van der Waals surface area contributed by atoms with E-state index in [1.165, 1.54) is 13.3 Å². The van der Waals surface area contributed by atoms with E-state index in [-0.39, 0.29) is 12.5 Å². The summed E-state index contributed by atoms with van der Waals surface area (Å²) in [5, 5.41) is 8.31. The third-order valence-electron chi connectivity index (χ3n) is 4.28. The topological polar surface area (TPSA) is 89.0 Å². The Morgan fingerprint density at radius 2 is 1.79 bits per heavy atom. The lowest BCUT2D eigenvalue weighted by Gasteiger charge is -2.08. The Balaban J connectivity index is 1.57. The van der Waals surface area contributed by atoms with Crippen molar-refractivity contribution < 1.29 is 19.1 Å². The Labute approximate surface area is 168 Å². The summed E-state index contributed by atoms with van der Waals surface area (Å²) in [4.78, 5) is 24.4. The van der Waals surface area contributed by atoms with Gasteiger partial charge in [0.2, 0.25) is 0 Å². The summed E-state index contributed by atoms with van der Waals surface area (Å²) < 4.78 is 10.4. The molecule has 0 aromatic heterocycles. The van der Waals surface area contributed by atoms with E-state index in [1.807, 2.05) is 36.4 Å². The van der Waals surface area contributed by atoms with Gasteiger partial charge >= 0.3 is 0 Å². The van der Waals surface area contributed by atoms with Gasteiger partial charge in [-0.1, -0.05) is 36.4 Å². The molecule has 3 rings (SSSR count). The maximum absolute atomic E-state index is 12.4.